The average Bonchev–Trinajstić information content (AvgIpc) is 2.48. The van der Waals surface area contributed by atoms with Gasteiger partial charge in [0, 0.05) is 6.04 Å². The number of hydrogen-bond acceptors (Lipinski definition) is 3. The maximum atomic E-state index is 12.5. The van der Waals surface area contributed by atoms with Crippen LogP contribution in [0.1, 0.15) is 18.5 Å². The summed E-state index contributed by atoms with van der Waals surface area (Å²) in [6, 6.07) is 18.1. The van der Waals surface area contributed by atoms with Gasteiger partial charge in [0.05, 0.1) is 10.6 Å². The highest BCUT2D eigenvalue weighted by atomic mass is 32.2. The smallest absolute Gasteiger partial charge is 0.180 e. The fraction of sp³-hybridized carbons (Fsp3) is 0.250. The zero-order chi connectivity index (χ0) is 14.4. The molecule has 2 rings (SSSR count). The molecule has 0 radical (unpaired) electrons. The molecule has 0 fully saturated rings. The van der Waals surface area contributed by atoms with E-state index in [2.05, 4.69) is 5.32 Å². The quantitative estimate of drug-likeness (QED) is 0.889. The minimum absolute atomic E-state index is 0.0644. The van der Waals surface area contributed by atoms with E-state index < -0.39 is 9.84 Å². The van der Waals surface area contributed by atoms with Crippen molar-refractivity contribution in [1.29, 1.82) is 0 Å². The molecule has 0 saturated heterocycles. The first kappa shape index (κ1) is 14.8. The van der Waals surface area contributed by atoms with Crippen molar-refractivity contribution in [3.8, 4) is 0 Å². The van der Waals surface area contributed by atoms with E-state index >= 15 is 0 Å². The van der Waals surface area contributed by atoms with Crippen molar-refractivity contribution in [2.45, 2.75) is 17.9 Å². The Morgan fingerprint density at radius 2 is 1.50 bits per heavy atom. The summed E-state index contributed by atoms with van der Waals surface area (Å²) in [6.45, 7) is 2.70. The van der Waals surface area contributed by atoms with E-state index in [9.17, 15) is 8.42 Å². The molecular formula is C16H19NO2S. The zero-order valence-corrected chi connectivity index (χ0v) is 12.3. The summed E-state index contributed by atoms with van der Waals surface area (Å²) in [5.41, 5.74) is 0.994. The van der Waals surface area contributed by atoms with Crippen molar-refractivity contribution >= 4 is 9.84 Å². The number of sulfone groups is 1. The summed E-state index contributed by atoms with van der Waals surface area (Å²) in [5.74, 6) is 0.0644. The van der Waals surface area contributed by atoms with Crippen LogP contribution >= 0.6 is 0 Å². The summed E-state index contributed by atoms with van der Waals surface area (Å²) < 4.78 is 24.9. The van der Waals surface area contributed by atoms with Crippen molar-refractivity contribution in [3.05, 3.63) is 66.2 Å². The molecule has 2 aromatic rings. The molecular weight excluding hydrogens is 270 g/mol. The average molecular weight is 289 g/mol. The Kier molecular flexibility index (Phi) is 4.93. The lowest BCUT2D eigenvalue weighted by molar-refractivity contribution is 0.559. The predicted octanol–water partition coefficient (Wildman–Crippen LogP) is 2.81. The van der Waals surface area contributed by atoms with Gasteiger partial charge in [0.2, 0.25) is 0 Å². The van der Waals surface area contributed by atoms with E-state index in [0.29, 0.717) is 4.90 Å². The molecule has 1 N–H and O–H groups in total. The van der Waals surface area contributed by atoms with Gasteiger partial charge < -0.3 is 5.32 Å². The number of nitrogens with one attached hydrogen (secondary N) is 1. The van der Waals surface area contributed by atoms with Crippen molar-refractivity contribution in [2.24, 2.45) is 0 Å². The van der Waals surface area contributed by atoms with Crippen LogP contribution in [0.25, 0.3) is 0 Å². The topological polar surface area (TPSA) is 46.2 Å². The molecule has 1 atom stereocenters. The van der Waals surface area contributed by atoms with Crippen LogP contribution in [-0.2, 0) is 9.84 Å². The highest BCUT2D eigenvalue weighted by Crippen LogP contribution is 2.19. The summed E-state index contributed by atoms with van der Waals surface area (Å²) in [6.07, 6.45) is 0. The molecule has 106 valence electrons. The lowest BCUT2D eigenvalue weighted by Crippen LogP contribution is -2.28. The SMILES string of the molecule is CCNC(CS(=O)(=O)c1ccccc1)c1ccccc1. The molecule has 3 nitrogen and oxygen atoms in total. The number of benzene rings is 2. The molecule has 0 spiro atoms. The summed E-state index contributed by atoms with van der Waals surface area (Å²) in [7, 11) is -3.29. The Hall–Kier alpha value is -1.65. The van der Waals surface area contributed by atoms with E-state index in [1.165, 1.54) is 0 Å². The van der Waals surface area contributed by atoms with Crippen molar-refractivity contribution in [3.63, 3.8) is 0 Å². The maximum absolute atomic E-state index is 12.5. The van der Waals surface area contributed by atoms with E-state index in [-0.39, 0.29) is 11.8 Å². The molecule has 0 aliphatic carbocycles. The van der Waals surface area contributed by atoms with Gasteiger partial charge in [-0.25, -0.2) is 8.42 Å². The maximum Gasteiger partial charge on any atom is 0.180 e. The molecule has 2 aromatic carbocycles. The first-order valence-corrected chi connectivity index (χ1v) is 8.35. The van der Waals surface area contributed by atoms with Gasteiger partial charge in [-0.15, -0.1) is 0 Å². The van der Waals surface area contributed by atoms with E-state index in [0.717, 1.165) is 12.1 Å². The van der Waals surface area contributed by atoms with Gasteiger partial charge in [0.1, 0.15) is 0 Å². The van der Waals surface area contributed by atoms with Crippen molar-refractivity contribution < 1.29 is 8.42 Å². The summed E-state index contributed by atoms with van der Waals surface area (Å²) in [5, 5.41) is 3.25. The van der Waals surface area contributed by atoms with Gasteiger partial charge in [-0.2, -0.15) is 0 Å². The normalized spacial score (nSPS) is 13.1. The Morgan fingerprint density at radius 1 is 0.950 bits per heavy atom. The Bertz CT molecular complexity index is 624. The van der Waals surface area contributed by atoms with Crippen LogP contribution in [0.3, 0.4) is 0 Å². The fourth-order valence-electron chi connectivity index (χ4n) is 2.15. The third-order valence-corrected chi connectivity index (χ3v) is 4.90. The van der Waals surface area contributed by atoms with Crippen molar-refractivity contribution in [2.75, 3.05) is 12.3 Å². The van der Waals surface area contributed by atoms with Crippen LogP contribution in [0.5, 0.6) is 0 Å². The molecule has 4 heteroatoms. The van der Waals surface area contributed by atoms with Crippen LogP contribution in [-0.4, -0.2) is 20.7 Å². The fourth-order valence-corrected chi connectivity index (χ4v) is 3.66. The Labute approximate surface area is 120 Å². The molecule has 0 saturated carbocycles. The summed E-state index contributed by atoms with van der Waals surface area (Å²) in [4.78, 5) is 0.374. The zero-order valence-electron chi connectivity index (χ0n) is 11.5. The van der Waals surface area contributed by atoms with Gasteiger partial charge in [-0.1, -0.05) is 55.5 Å². The van der Waals surface area contributed by atoms with Gasteiger partial charge in [-0.3, -0.25) is 0 Å². The second kappa shape index (κ2) is 6.68. The number of rotatable bonds is 6. The van der Waals surface area contributed by atoms with Crippen LogP contribution in [0.15, 0.2) is 65.6 Å². The Morgan fingerprint density at radius 3 is 2.05 bits per heavy atom. The standard InChI is InChI=1S/C16H19NO2S/c1-2-17-16(14-9-5-3-6-10-14)13-20(18,19)15-11-7-4-8-12-15/h3-12,16-17H,2,13H2,1H3. The molecule has 0 heterocycles. The molecule has 0 aromatic heterocycles. The Balaban J connectivity index is 2.25. The van der Waals surface area contributed by atoms with Crippen LogP contribution in [0, 0.1) is 0 Å². The highest BCUT2D eigenvalue weighted by Gasteiger charge is 2.21. The minimum atomic E-state index is -3.29. The van der Waals surface area contributed by atoms with Crippen LogP contribution < -0.4 is 5.32 Å². The van der Waals surface area contributed by atoms with Crippen LogP contribution in [0.4, 0.5) is 0 Å². The molecule has 1 unspecified atom stereocenters. The monoisotopic (exact) mass is 289 g/mol. The molecule has 0 amide bonds. The molecule has 0 aliphatic heterocycles. The third-order valence-electron chi connectivity index (χ3n) is 3.14. The predicted molar refractivity (Wildman–Crippen MR) is 81.4 cm³/mol. The van der Waals surface area contributed by atoms with E-state index in [1.807, 2.05) is 43.3 Å². The van der Waals surface area contributed by atoms with Gasteiger partial charge in [0.15, 0.2) is 9.84 Å². The van der Waals surface area contributed by atoms with Gasteiger partial charge in [-0.05, 0) is 24.2 Å². The molecule has 0 aliphatic rings. The van der Waals surface area contributed by atoms with Crippen molar-refractivity contribution in [1.82, 2.24) is 5.32 Å². The van der Waals surface area contributed by atoms with Crippen LogP contribution in [0.2, 0.25) is 0 Å². The van der Waals surface area contributed by atoms with E-state index in [4.69, 9.17) is 0 Å². The summed E-state index contributed by atoms with van der Waals surface area (Å²) >= 11 is 0. The first-order valence-electron chi connectivity index (χ1n) is 6.69. The minimum Gasteiger partial charge on any atom is -0.309 e. The molecule has 0 bridgehead atoms. The highest BCUT2D eigenvalue weighted by molar-refractivity contribution is 7.91. The third kappa shape index (κ3) is 3.68. The first-order chi connectivity index (χ1) is 9.63. The molecule has 20 heavy (non-hydrogen) atoms. The van der Waals surface area contributed by atoms with E-state index in [1.54, 1.807) is 24.3 Å². The van der Waals surface area contributed by atoms with Gasteiger partial charge in [0.25, 0.3) is 0 Å². The lowest BCUT2D eigenvalue weighted by atomic mass is 10.1. The largest absolute Gasteiger partial charge is 0.309 e. The second-order valence-corrected chi connectivity index (χ2v) is 6.65. The second-order valence-electron chi connectivity index (χ2n) is 4.62. The number of hydrogen-bond donors (Lipinski definition) is 1. The van der Waals surface area contributed by atoms with Gasteiger partial charge >= 0.3 is 0 Å². The lowest BCUT2D eigenvalue weighted by Gasteiger charge is -2.18.